The number of hydrogen-bond donors (Lipinski definition) is 1. The van der Waals surface area contributed by atoms with E-state index in [1.807, 2.05) is 49.3 Å². The van der Waals surface area contributed by atoms with Crippen LogP contribution in [0.2, 0.25) is 0 Å². The maximum atomic E-state index is 14.7. The van der Waals surface area contributed by atoms with Gasteiger partial charge >= 0.3 is 5.97 Å². The van der Waals surface area contributed by atoms with Gasteiger partial charge in [0.05, 0.1) is 22.5 Å². The quantitative estimate of drug-likeness (QED) is 0.554. The molecule has 0 radical (unpaired) electrons. The second-order valence-electron chi connectivity index (χ2n) is 9.89. The first-order valence-corrected chi connectivity index (χ1v) is 12.2. The predicted molar refractivity (Wildman–Crippen MR) is 131 cm³/mol. The first kappa shape index (κ1) is 22.8. The molecule has 180 valence electrons. The minimum atomic E-state index is -1.06. The molecule has 0 amide bonds. The average Bonchev–Trinajstić information content (AvgIpc) is 3.16. The summed E-state index contributed by atoms with van der Waals surface area (Å²) >= 11 is 0. The van der Waals surface area contributed by atoms with Crippen molar-refractivity contribution in [3.05, 3.63) is 47.8 Å². The number of carboxylic acids is 1. The van der Waals surface area contributed by atoms with Crippen LogP contribution in [0.4, 0.5) is 10.1 Å². The van der Waals surface area contributed by atoms with Crippen molar-refractivity contribution in [2.45, 2.75) is 44.2 Å². The fourth-order valence-corrected chi connectivity index (χ4v) is 5.20. The number of hydrogen-bond acceptors (Lipinski definition) is 5. The highest BCUT2D eigenvalue weighted by Gasteiger charge is 2.32. The molecular formula is C26H32FN5O2. The van der Waals surface area contributed by atoms with Gasteiger partial charge in [-0.3, -0.25) is 0 Å². The van der Waals surface area contributed by atoms with Crippen LogP contribution in [0.3, 0.4) is 0 Å². The molecule has 1 aliphatic carbocycles. The Hall–Kier alpha value is -3.00. The Morgan fingerprint density at radius 3 is 2.47 bits per heavy atom. The third kappa shape index (κ3) is 4.27. The molecule has 1 N–H and O–H groups in total. The summed E-state index contributed by atoms with van der Waals surface area (Å²) < 4.78 is 16.5. The third-order valence-electron chi connectivity index (χ3n) is 7.29. The van der Waals surface area contributed by atoms with Crippen molar-refractivity contribution >= 4 is 22.7 Å². The van der Waals surface area contributed by atoms with E-state index in [4.69, 9.17) is 5.10 Å². The van der Waals surface area contributed by atoms with E-state index in [1.54, 1.807) is 10.7 Å². The molecule has 2 fully saturated rings. The maximum absolute atomic E-state index is 14.7. The SMILES string of the molecule is CN(C)CC(F)C1CCN(c2cc(C(=O)O)nc3c2c(C2CCC2)nn3-c2ccccc2)CC1. The number of anilines is 1. The summed E-state index contributed by atoms with van der Waals surface area (Å²) in [6.07, 6.45) is 3.97. The molecule has 2 aliphatic rings. The molecule has 34 heavy (non-hydrogen) atoms. The zero-order valence-corrected chi connectivity index (χ0v) is 19.8. The molecule has 3 heterocycles. The first-order chi connectivity index (χ1) is 16.4. The largest absolute Gasteiger partial charge is 0.477 e. The number of alkyl halides is 1. The Labute approximate surface area is 199 Å². The number of benzene rings is 1. The van der Waals surface area contributed by atoms with Crippen molar-refractivity contribution in [1.29, 1.82) is 0 Å². The van der Waals surface area contributed by atoms with Crippen LogP contribution in [0.25, 0.3) is 16.7 Å². The number of fused-ring (bicyclic) bond motifs is 1. The van der Waals surface area contributed by atoms with Gasteiger partial charge < -0.3 is 14.9 Å². The lowest BCUT2D eigenvalue weighted by Crippen LogP contribution is -2.39. The lowest BCUT2D eigenvalue weighted by atomic mass is 9.81. The van der Waals surface area contributed by atoms with Gasteiger partial charge in [0.25, 0.3) is 0 Å². The summed E-state index contributed by atoms with van der Waals surface area (Å²) in [5, 5.41) is 15.8. The zero-order chi connectivity index (χ0) is 23.8. The van der Waals surface area contributed by atoms with Gasteiger partial charge in [0.1, 0.15) is 6.17 Å². The number of piperidine rings is 1. The molecule has 2 aromatic heterocycles. The molecule has 1 atom stereocenters. The summed E-state index contributed by atoms with van der Waals surface area (Å²) in [6.45, 7) is 1.82. The Morgan fingerprint density at radius 2 is 1.88 bits per heavy atom. The van der Waals surface area contributed by atoms with Crippen LogP contribution in [0.5, 0.6) is 0 Å². The van der Waals surface area contributed by atoms with Crippen LogP contribution in [-0.2, 0) is 0 Å². The molecule has 1 aromatic carbocycles. The summed E-state index contributed by atoms with van der Waals surface area (Å²) in [5.74, 6) is -0.677. The second kappa shape index (κ2) is 9.33. The molecule has 0 bridgehead atoms. The normalized spacial score (nSPS) is 18.4. The van der Waals surface area contributed by atoms with Crippen LogP contribution >= 0.6 is 0 Å². The van der Waals surface area contributed by atoms with Gasteiger partial charge in [-0.15, -0.1) is 0 Å². The summed E-state index contributed by atoms with van der Waals surface area (Å²) in [7, 11) is 3.80. The lowest BCUT2D eigenvalue weighted by Gasteiger charge is -2.36. The fourth-order valence-electron chi connectivity index (χ4n) is 5.20. The van der Waals surface area contributed by atoms with Gasteiger partial charge in [-0.25, -0.2) is 18.9 Å². The van der Waals surface area contributed by atoms with Crippen molar-refractivity contribution in [2.24, 2.45) is 5.92 Å². The molecule has 1 saturated heterocycles. The van der Waals surface area contributed by atoms with E-state index in [2.05, 4.69) is 9.88 Å². The van der Waals surface area contributed by atoms with E-state index in [1.165, 1.54) is 6.42 Å². The number of rotatable bonds is 7. The standard InChI is InChI=1S/C26H32FN5O2/c1-30(2)16-20(27)17-11-13-31(14-12-17)22-15-21(26(33)34)28-25-23(22)24(18-7-6-8-18)29-32(25)19-9-4-3-5-10-19/h3-5,9-10,15,17-18,20H,6-8,11-14,16H2,1-2H3,(H,33,34). The number of carbonyl (C=O) groups is 1. The van der Waals surface area contributed by atoms with Crippen LogP contribution in [0, 0.1) is 5.92 Å². The molecule has 3 aromatic rings. The zero-order valence-electron chi connectivity index (χ0n) is 19.8. The van der Waals surface area contributed by atoms with E-state index >= 15 is 0 Å². The third-order valence-corrected chi connectivity index (χ3v) is 7.29. The van der Waals surface area contributed by atoms with Gasteiger partial charge in [-0.1, -0.05) is 24.6 Å². The Balaban J connectivity index is 1.57. The predicted octanol–water partition coefficient (Wildman–Crippen LogP) is 4.50. The van der Waals surface area contributed by atoms with E-state index < -0.39 is 12.1 Å². The summed E-state index contributed by atoms with van der Waals surface area (Å²) in [4.78, 5) is 20.7. The Bertz CT molecular complexity index is 1170. The van der Waals surface area contributed by atoms with Crippen molar-refractivity contribution in [3.63, 3.8) is 0 Å². The van der Waals surface area contributed by atoms with E-state index in [0.29, 0.717) is 31.2 Å². The van der Waals surface area contributed by atoms with Gasteiger partial charge in [0.2, 0.25) is 0 Å². The number of aromatic carboxylic acids is 1. The van der Waals surface area contributed by atoms with E-state index in [9.17, 15) is 14.3 Å². The highest BCUT2D eigenvalue weighted by molar-refractivity contribution is 5.98. The fraction of sp³-hybridized carbons (Fsp3) is 0.500. The van der Waals surface area contributed by atoms with Crippen molar-refractivity contribution in [1.82, 2.24) is 19.7 Å². The Kier molecular flexibility index (Phi) is 6.25. The van der Waals surface area contributed by atoms with Crippen LogP contribution in [-0.4, -0.2) is 70.6 Å². The van der Waals surface area contributed by atoms with Crippen molar-refractivity contribution < 1.29 is 14.3 Å². The molecule has 1 saturated carbocycles. The van der Waals surface area contributed by atoms with Gasteiger partial charge in [-0.2, -0.15) is 5.10 Å². The number of aromatic nitrogens is 3. The first-order valence-electron chi connectivity index (χ1n) is 12.2. The number of para-hydroxylation sites is 1. The molecule has 5 rings (SSSR count). The molecule has 8 heteroatoms. The van der Waals surface area contributed by atoms with Crippen molar-refractivity contribution in [2.75, 3.05) is 38.6 Å². The maximum Gasteiger partial charge on any atom is 0.354 e. The number of halogens is 1. The van der Waals surface area contributed by atoms with Gasteiger partial charge in [0, 0.05) is 25.6 Å². The van der Waals surface area contributed by atoms with Crippen LogP contribution in [0.15, 0.2) is 36.4 Å². The minimum absolute atomic E-state index is 0.0119. The summed E-state index contributed by atoms with van der Waals surface area (Å²) in [5.41, 5.74) is 3.33. The molecule has 0 spiro atoms. The highest BCUT2D eigenvalue weighted by Crippen LogP contribution is 2.43. The van der Waals surface area contributed by atoms with E-state index in [-0.39, 0.29) is 11.6 Å². The topological polar surface area (TPSA) is 74.5 Å². The number of carboxylic acid groups (broad SMARTS) is 1. The monoisotopic (exact) mass is 465 g/mol. The molecule has 1 aliphatic heterocycles. The highest BCUT2D eigenvalue weighted by atomic mass is 19.1. The smallest absolute Gasteiger partial charge is 0.354 e. The van der Waals surface area contributed by atoms with Crippen LogP contribution in [0.1, 0.15) is 54.2 Å². The van der Waals surface area contributed by atoms with E-state index in [0.717, 1.165) is 48.1 Å². The molecule has 7 nitrogen and oxygen atoms in total. The van der Waals surface area contributed by atoms with Crippen LogP contribution < -0.4 is 4.90 Å². The number of pyridine rings is 1. The number of nitrogens with zero attached hydrogens (tertiary/aromatic N) is 5. The average molecular weight is 466 g/mol. The van der Waals surface area contributed by atoms with Gasteiger partial charge in [0.15, 0.2) is 11.3 Å². The Morgan fingerprint density at radius 1 is 1.18 bits per heavy atom. The summed E-state index contributed by atoms with van der Waals surface area (Å²) in [6, 6.07) is 11.4. The minimum Gasteiger partial charge on any atom is -0.477 e. The molecule has 1 unspecified atom stereocenters. The lowest BCUT2D eigenvalue weighted by molar-refractivity contribution is 0.0691. The van der Waals surface area contributed by atoms with Gasteiger partial charge in [-0.05, 0) is 63.9 Å². The van der Waals surface area contributed by atoms with Crippen molar-refractivity contribution in [3.8, 4) is 5.69 Å². The second-order valence-corrected chi connectivity index (χ2v) is 9.89. The molecular weight excluding hydrogens is 433 g/mol.